The van der Waals surface area contributed by atoms with Gasteiger partial charge in [0.25, 0.3) is 5.91 Å². The van der Waals surface area contributed by atoms with Crippen molar-refractivity contribution in [3.63, 3.8) is 0 Å². The van der Waals surface area contributed by atoms with Gasteiger partial charge in [-0.3, -0.25) is 4.79 Å². The summed E-state index contributed by atoms with van der Waals surface area (Å²) >= 11 is 0. The summed E-state index contributed by atoms with van der Waals surface area (Å²) in [7, 11) is 1.38. The molecule has 0 aliphatic rings. The Morgan fingerprint density at radius 3 is 2.49 bits per heavy atom. The number of aryl methyl sites for hydroxylation is 1. The first kappa shape index (κ1) is 25.9. The lowest BCUT2D eigenvalue weighted by Crippen LogP contribution is -2.32. The topological polar surface area (TPSA) is 68.2 Å². The lowest BCUT2D eigenvalue weighted by atomic mass is 9.97. The quantitative estimate of drug-likeness (QED) is 0.426. The molecule has 1 amide bonds. The van der Waals surface area contributed by atoms with Crippen molar-refractivity contribution in [2.24, 2.45) is 5.41 Å². The molecule has 3 rings (SSSR count). The van der Waals surface area contributed by atoms with E-state index in [2.05, 4.69) is 22.2 Å². The molecule has 0 radical (unpaired) electrons. The predicted molar refractivity (Wildman–Crippen MR) is 131 cm³/mol. The molecule has 2 N–H and O–H groups in total. The fraction of sp³-hybridized carbons (Fsp3) is 0.308. The molecule has 0 aliphatic heterocycles. The van der Waals surface area contributed by atoms with Crippen molar-refractivity contribution in [3.8, 4) is 11.4 Å². The van der Waals surface area contributed by atoms with Crippen molar-refractivity contribution in [2.45, 2.75) is 33.9 Å². The Kier molecular flexibility index (Phi) is 7.28. The van der Waals surface area contributed by atoms with E-state index < -0.39 is 11.7 Å². The van der Waals surface area contributed by atoms with Crippen molar-refractivity contribution in [1.82, 2.24) is 14.9 Å². The molecule has 2 aromatic carbocycles. The fourth-order valence-electron chi connectivity index (χ4n) is 3.30. The van der Waals surface area contributed by atoms with Crippen LogP contribution in [0.4, 0.5) is 18.9 Å². The summed E-state index contributed by atoms with van der Waals surface area (Å²) < 4.78 is 46.5. The molecule has 0 aliphatic carbocycles. The molecule has 0 atom stereocenters. The molecule has 1 heterocycles. The van der Waals surface area contributed by atoms with Crippen LogP contribution in [0.25, 0.3) is 11.4 Å². The second kappa shape index (κ2) is 9.85. The Hall–Kier alpha value is -3.75. The van der Waals surface area contributed by atoms with E-state index in [-0.39, 0.29) is 28.5 Å². The standard InChI is InChI=1S/C26H29F3N4O2/c1-16-7-8-18(17(2)32-20-12-19(26(27,28)29)9-10-23(20)35-6)11-22(16)33-13-21(31-15-33)24(34)30-14-25(3,4)5/h7-13,15,32H,2,14H2,1,3-6H3,(H,30,34). The van der Waals surface area contributed by atoms with Gasteiger partial charge >= 0.3 is 6.18 Å². The summed E-state index contributed by atoms with van der Waals surface area (Å²) in [4.78, 5) is 16.7. The molecule has 1 aromatic heterocycles. The number of nitrogens with zero attached hydrogens (tertiary/aromatic N) is 2. The average Bonchev–Trinajstić information content (AvgIpc) is 3.26. The van der Waals surface area contributed by atoms with Crippen LogP contribution in [0, 0.1) is 12.3 Å². The number of halogens is 3. The van der Waals surface area contributed by atoms with Gasteiger partial charge < -0.3 is 19.9 Å². The number of aromatic nitrogens is 2. The highest BCUT2D eigenvalue weighted by molar-refractivity contribution is 5.92. The monoisotopic (exact) mass is 486 g/mol. The molecule has 0 saturated carbocycles. The number of carbonyl (C=O) groups excluding carboxylic acids is 1. The van der Waals surface area contributed by atoms with Gasteiger partial charge in [0.05, 0.1) is 24.0 Å². The number of imidazole rings is 1. The number of amides is 1. The number of anilines is 1. The van der Waals surface area contributed by atoms with Crippen LogP contribution in [-0.4, -0.2) is 29.1 Å². The molecule has 9 heteroatoms. The Balaban J connectivity index is 1.85. The lowest BCUT2D eigenvalue weighted by Gasteiger charge is -2.18. The molecule has 6 nitrogen and oxygen atoms in total. The second-order valence-corrected chi connectivity index (χ2v) is 9.43. The lowest BCUT2D eigenvalue weighted by molar-refractivity contribution is -0.137. The van der Waals surface area contributed by atoms with Gasteiger partial charge in [-0.1, -0.05) is 39.5 Å². The van der Waals surface area contributed by atoms with Crippen LogP contribution < -0.4 is 15.4 Å². The molecular weight excluding hydrogens is 457 g/mol. The molecule has 0 saturated heterocycles. The Labute approximate surface area is 202 Å². The molecule has 186 valence electrons. The van der Waals surface area contributed by atoms with Crippen molar-refractivity contribution in [1.29, 1.82) is 0 Å². The summed E-state index contributed by atoms with van der Waals surface area (Å²) in [5.41, 5.74) is 2.28. The van der Waals surface area contributed by atoms with E-state index in [1.54, 1.807) is 17.1 Å². The van der Waals surface area contributed by atoms with E-state index in [1.165, 1.54) is 13.2 Å². The predicted octanol–water partition coefficient (Wildman–Crippen LogP) is 6.07. The summed E-state index contributed by atoms with van der Waals surface area (Å²) in [6, 6.07) is 8.70. The molecule has 3 aromatic rings. The highest BCUT2D eigenvalue weighted by atomic mass is 19.4. The van der Waals surface area contributed by atoms with E-state index in [1.807, 2.05) is 45.9 Å². The van der Waals surface area contributed by atoms with E-state index in [4.69, 9.17) is 4.74 Å². The highest BCUT2D eigenvalue weighted by Gasteiger charge is 2.31. The number of rotatable bonds is 7. The molecule has 0 fully saturated rings. The minimum Gasteiger partial charge on any atom is -0.495 e. The molecule has 0 spiro atoms. The number of nitrogens with one attached hydrogen (secondary N) is 2. The normalized spacial score (nSPS) is 11.8. The minimum absolute atomic E-state index is 0.0567. The summed E-state index contributed by atoms with van der Waals surface area (Å²) in [6.45, 7) is 12.5. The SMILES string of the molecule is C=C(Nc1cc(C(F)(F)F)ccc1OC)c1ccc(C)c(-n2cnc(C(=O)NCC(C)(C)C)c2)c1. The number of methoxy groups -OCH3 is 1. The van der Waals surface area contributed by atoms with E-state index in [0.717, 1.165) is 23.4 Å². The van der Waals surface area contributed by atoms with E-state index in [0.29, 0.717) is 17.8 Å². The van der Waals surface area contributed by atoms with Crippen LogP contribution in [0.15, 0.2) is 55.5 Å². The number of ether oxygens (including phenoxy) is 1. The van der Waals surface area contributed by atoms with Crippen LogP contribution in [-0.2, 0) is 6.18 Å². The van der Waals surface area contributed by atoms with Crippen LogP contribution in [0.2, 0.25) is 0 Å². The summed E-state index contributed by atoms with van der Waals surface area (Å²) in [5, 5.41) is 5.80. The smallest absolute Gasteiger partial charge is 0.416 e. The van der Waals surface area contributed by atoms with Gasteiger partial charge in [-0.25, -0.2) is 4.98 Å². The zero-order valence-corrected chi connectivity index (χ0v) is 20.4. The van der Waals surface area contributed by atoms with Gasteiger partial charge in [0.2, 0.25) is 0 Å². The van der Waals surface area contributed by atoms with Crippen molar-refractivity contribution in [3.05, 3.63) is 77.9 Å². The first-order valence-electron chi connectivity index (χ1n) is 10.9. The van der Waals surface area contributed by atoms with Crippen molar-refractivity contribution in [2.75, 3.05) is 19.0 Å². The number of benzene rings is 2. The molecule has 0 unspecified atom stereocenters. The van der Waals surface area contributed by atoms with Crippen molar-refractivity contribution >= 4 is 17.3 Å². The first-order chi connectivity index (χ1) is 16.3. The Morgan fingerprint density at radius 1 is 1.14 bits per heavy atom. The molecule has 0 bridgehead atoms. The van der Waals surface area contributed by atoms with Gasteiger partial charge in [0.15, 0.2) is 0 Å². The number of hydrogen-bond acceptors (Lipinski definition) is 4. The largest absolute Gasteiger partial charge is 0.495 e. The summed E-state index contributed by atoms with van der Waals surface area (Å²) in [6.07, 6.45) is -1.31. The third kappa shape index (κ3) is 6.44. The van der Waals surface area contributed by atoms with Gasteiger partial charge in [-0.2, -0.15) is 13.2 Å². The van der Waals surface area contributed by atoms with Gasteiger partial charge in [0.1, 0.15) is 17.8 Å². The van der Waals surface area contributed by atoms with E-state index >= 15 is 0 Å². The van der Waals surface area contributed by atoms with Gasteiger partial charge in [-0.05, 0) is 47.7 Å². The van der Waals surface area contributed by atoms with Crippen LogP contribution >= 0.6 is 0 Å². The maximum Gasteiger partial charge on any atom is 0.416 e. The molecular formula is C26H29F3N4O2. The number of carbonyl (C=O) groups is 1. The Morgan fingerprint density at radius 2 is 1.86 bits per heavy atom. The van der Waals surface area contributed by atoms with Crippen molar-refractivity contribution < 1.29 is 22.7 Å². The number of hydrogen-bond donors (Lipinski definition) is 2. The van der Waals surface area contributed by atoms with Gasteiger partial charge in [0, 0.05) is 18.4 Å². The van der Waals surface area contributed by atoms with Crippen LogP contribution in [0.1, 0.15) is 48.0 Å². The zero-order valence-electron chi connectivity index (χ0n) is 20.4. The third-order valence-corrected chi connectivity index (χ3v) is 5.24. The van der Waals surface area contributed by atoms with Crippen LogP contribution in [0.5, 0.6) is 5.75 Å². The van der Waals surface area contributed by atoms with Gasteiger partial charge in [-0.15, -0.1) is 0 Å². The Bertz CT molecular complexity index is 1240. The second-order valence-electron chi connectivity index (χ2n) is 9.43. The third-order valence-electron chi connectivity index (χ3n) is 5.24. The maximum atomic E-state index is 13.2. The summed E-state index contributed by atoms with van der Waals surface area (Å²) in [5.74, 6) is -0.0118. The maximum absolute atomic E-state index is 13.2. The van der Waals surface area contributed by atoms with E-state index in [9.17, 15) is 18.0 Å². The number of alkyl halides is 3. The molecule has 35 heavy (non-hydrogen) atoms. The average molecular weight is 487 g/mol. The zero-order chi connectivity index (χ0) is 26.0. The highest BCUT2D eigenvalue weighted by Crippen LogP contribution is 2.36. The minimum atomic E-state index is -4.49. The first-order valence-corrected chi connectivity index (χ1v) is 10.9. The fourth-order valence-corrected chi connectivity index (χ4v) is 3.30. The van der Waals surface area contributed by atoms with Crippen LogP contribution in [0.3, 0.4) is 0 Å².